The van der Waals surface area contributed by atoms with E-state index in [1.54, 1.807) is 0 Å². The molecule has 3 aliphatic carbocycles. The first-order chi connectivity index (χ1) is 13.9. The van der Waals surface area contributed by atoms with Crippen molar-refractivity contribution in [1.29, 1.82) is 0 Å². The van der Waals surface area contributed by atoms with Crippen LogP contribution in [-0.4, -0.2) is 54.7 Å². The number of fused-ring (bicyclic) bond motifs is 3. The molecule has 4 rings (SSSR count). The van der Waals surface area contributed by atoms with Crippen molar-refractivity contribution in [2.75, 3.05) is 0 Å². The molecule has 7 N–H and O–H groups in total. The first-order valence-electron chi connectivity index (χ1n) is 9.36. The standard InChI is InChI=1S/C20H20ClNO8/c1-5-7-4-6-10(16(26)12-9(23)3-2-8(21)11(12)15(6)25)17(27)20(7,30)18(28)13(14(5)24)19(22)29/h2-3,5-7,13-15,23-25,27,30H,4H2,1H3,(H2,22,29). The Morgan fingerprint density at radius 1 is 1.23 bits per heavy atom. The summed E-state index contributed by atoms with van der Waals surface area (Å²) in [6.45, 7) is 1.48. The molecule has 1 fully saturated rings. The number of aromatic hydroxyl groups is 1. The average Bonchev–Trinajstić information content (AvgIpc) is 2.67. The normalized spacial score (nSPS) is 38.0. The average molecular weight is 438 g/mol. The molecule has 0 bridgehead atoms. The van der Waals surface area contributed by atoms with Gasteiger partial charge >= 0.3 is 0 Å². The van der Waals surface area contributed by atoms with Crippen molar-refractivity contribution >= 4 is 29.1 Å². The van der Waals surface area contributed by atoms with Crippen LogP contribution in [0.2, 0.25) is 5.02 Å². The largest absolute Gasteiger partial charge is 0.508 e. The molecule has 0 spiro atoms. The van der Waals surface area contributed by atoms with Gasteiger partial charge in [-0.15, -0.1) is 0 Å². The highest BCUT2D eigenvalue weighted by molar-refractivity contribution is 6.32. The van der Waals surface area contributed by atoms with Gasteiger partial charge in [-0.3, -0.25) is 14.4 Å². The first-order valence-corrected chi connectivity index (χ1v) is 9.74. The van der Waals surface area contributed by atoms with Gasteiger partial charge < -0.3 is 31.3 Å². The van der Waals surface area contributed by atoms with Crippen LogP contribution >= 0.6 is 11.6 Å². The third kappa shape index (κ3) is 2.37. The number of halogens is 1. The number of phenolic OH excluding ortho intramolecular Hbond substituents is 1. The van der Waals surface area contributed by atoms with E-state index < -0.39 is 76.0 Å². The fraction of sp³-hybridized carbons (Fsp3) is 0.450. The summed E-state index contributed by atoms with van der Waals surface area (Å²) in [6, 6.07) is 2.46. The van der Waals surface area contributed by atoms with Crippen LogP contribution in [0.15, 0.2) is 23.5 Å². The topological polar surface area (TPSA) is 178 Å². The lowest BCUT2D eigenvalue weighted by Crippen LogP contribution is -2.66. The van der Waals surface area contributed by atoms with Crippen LogP contribution in [0, 0.1) is 23.7 Å². The summed E-state index contributed by atoms with van der Waals surface area (Å²) < 4.78 is 0. The lowest BCUT2D eigenvalue weighted by atomic mass is 9.54. The SMILES string of the molecule is CC1C(O)C(C(N)=O)C(=O)C2(O)C(O)=C3C(=O)c4c(O)ccc(Cl)c4C(O)C3CC12. The van der Waals surface area contributed by atoms with E-state index in [1.807, 2.05) is 0 Å². The number of carbonyl (C=O) groups excluding carboxylic acids is 3. The van der Waals surface area contributed by atoms with E-state index in [-0.39, 0.29) is 22.6 Å². The Bertz CT molecular complexity index is 1040. The van der Waals surface area contributed by atoms with Crippen molar-refractivity contribution in [1.82, 2.24) is 0 Å². The van der Waals surface area contributed by atoms with Crippen molar-refractivity contribution in [2.45, 2.75) is 31.2 Å². The number of phenols is 1. The molecular weight excluding hydrogens is 418 g/mol. The van der Waals surface area contributed by atoms with Gasteiger partial charge in [0.1, 0.15) is 17.4 Å². The van der Waals surface area contributed by atoms with E-state index in [0.717, 1.165) is 6.07 Å². The number of ketones is 2. The van der Waals surface area contributed by atoms with Crippen molar-refractivity contribution in [3.63, 3.8) is 0 Å². The maximum atomic E-state index is 13.2. The number of nitrogens with two attached hydrogens (primary N) is 1. The number of Topliss-reactive ketones (excluding diaryl/α,β-unsaturated/α-hetero) is 2. The molecule has 7 unspecified atom stereocenters. The number of rotatable bonds is 1. The second-order valence-electron chi connectivity index (χ2n) is 8.20. The molecule has 7 atom stereocenters. The summed E-state index contributed by atoms with van der Waals surface area (Å²) in [5.41, 5.74) is 1.80. The summed E-state index contributed by atoms with van der Waals surface area (Å²) in [4.78, 5) is 37.9. The third-order valence-electron chi connectivity index (χ3n) is 6.83. The molecule has 30 heavy (non-hydrogen) atoms. The number of primary amides is 1. The molecule has 10 heteroatoms. The lowest BCUT2D eigenvalue weighted by molar-refractivity contribution is -0.177. The fourth-order valence-electron chi connectivity index (χ4n) is 5.25. The quantitative estimate of drug-likeness (QED) is 0.335. The Kier molecular flexibility index (Phi) is 4.52. The van der Waals surface area contributed by atoms with Gasteiger partial charge in [0, 0.05) is 28.0 Å². The Balaban J connectivity index is 1.97. The second kappa shape index (κ2) is 6.52. The lowest BCUT2D eigenvalue weighted by Gasteiger charge is -2.52. The molecule has 0 heterocycles. The minimum Gasteiger partial charge on any atom is -0.508 e. The van der Waals surface area contributed by atoms with Crippen LogP contribution in [0.4, 0.5) is 0 Å². The molecular formula is C20H20ClNO8. The molecule has 0 aliphatic heterocycles. The van der Waals surface area contributed by atoms with Gasteiger partial charge in [0.05, 0.1) is 17.8 Å². The van der Waals surface area contributed by atoms with Gasteiger partial charge in [-0.1, -0.05) is 18.5 Å². The fourth-order valence-corrected chi connectivity index (χ4v) is 5.52. The summed E-state index contributed by atoms with van der Waals surface area (Å²) in [7, 11) is 0. The maximum absolute atomic E-state index is 13.2. The van der Waals surface area contributed by atoms with Crippen LogP contribution in [0.3, 0.4) is 0 Å². The number of amides is 1. The van der Waals surface area contributed by atoms with Gasteiger partial charge in [0.2, 0.25) is 5.91 Å². The molecule has 3 aliphatic rings. The molecule has 160 valence electrons. The smallest absolute Gasteiger partial charge is 0.230 e. The molecule has 1 aromatic rings. The van der Waals surface area contributed by atoms with Crippen molar-refractivity contribution in [2.24, 2.45) is 29.4 Å². The molecule has 1 saturated carbocycles. The highest BCUT2D eigenvalue weighted by Crippen LogP contribution is 2.56. The first kappa shape index (κ1) is 20.8. The Morgan fingerprint density at radius 3 is 2.47 bits per heavy atom. The van der Waals surface area contributed by atoms with E-state index in [1.165, 1.54) is 13.0 Å². The number of aliphatic hydroxyl groups is 4. The van der Waals surface area contributed by atoms with Gasteiger partial charge in [-0.2, -0.15) is 0 Å². The van der Waals surface area contributed by atoms with Gasteiger partial charge in [0.15, 0.2) is 17.2 Å². The van der Waals surface area contributed by atoms with Crippen LogP contribution in [0.1, 0.15) is 35.4 Å². The maximum Gasteiger partial charge on any atom is 0.230 e. The van der Waals surface area contributed by atoms with Crippen molar-refractivity contribution < 1.29 is 39.9 Å². The predicted octanol–water partition coefficient (Wildman–Crippen LogP) is 0.136. The molecule has 1 aromatic carbocycles. The van der Waals surface area contributed by atoms with E-state index >= 15 is 0 Å². The predicted molar refractivity (Wildman–Crippen MR) is 101 cm³/mol. The molecule has 1 amide bonds. The number of benzene rings is 1. The summed E-state index contributed by atoms with van der Waals surface area (Å²) >= 11 is 6.14. The van der Waals surface area contributed by atoms with E-state index in [2.05, 4.69) is 0 Å². The molecule has 0 aromatic heterocycles. The highest BCUT2D eigenvalue weighted by atomic mass is 35.5. The zero-order valence-electron chi connectivity index (χ0n) is 15.7. The Morgan fingerprint density at radius 2 is 1.87 bits per heavy atom. The number of hydrogen-bond acceptors (Lipinski definition) is 8. The zero-order chi connectivity index (χ0) is 22.3. The van der Waals surface area contributed by atoms with Gasteiger partial charge in [-0.25, -0.2) is 0 Å². The van der Waals surface area contributed by atoms with Gasteiger partial charge in [0.25, 0.3) is 0 Å². The minimum absolute atomic E-state index is 0.0148. The summed E-state index contributed by atoms with van der Waals surface area (Å²) in [6.07, 6.45) is -3.10. The van der Waals surface area contributed by atoms with Crippen LogP contribution < -0.4 is 5.73 Å². The van der Waals surface area contributed by atoms with Gasteiger partial charge in [-0.05, 0) is 24.5 Å². The number of aliphatic hydroxyl groups excluding tert-OH is 3. The molecule has 0 radical (unpaired) electrons. The van der Waals surface area contributed by atoms with Crippen LogP contribution in [-0.2, 0) is 9.59 Å². The highest BCUT2D eigenvalue weighted by Gasteiger charge is 2.65. The van der Waals surface area contributed by atoms with Crippen molar-refractivity contribution in [3.05, 3.63) is 39.6 Å². The number of hydrogen-bond donors (Lipinski definition) is 6. The minimum atomic E-state index is -2.65. The van der Waals surface area contributed by atoms with Crippen LogP contribution in [0.5, 0.6) is 5.75 Å². The van der Waals surface area contributed by atoms with Crippen molar-refractivity contribution in [3.8, 4) is 5.75 Å². The molecule has 9 nitrogen and oxygen atoms in total. The Labute approximate surface area is 175 Å². The summed E-state index contributed by atoms with van der Waals surface area (Å²) in [5.74, 6) is -9.59. The Hall–Kier alpha value is -2.46. The van der Waals surface area contributed by atoms with E-state index in [0.29, 0.717) is 0 Å². The zero-order valence-corrected chi connectivity index (χ0v) is 16.5. The van der Waals surface area contributed by atoms with Crippen LogP contribution in [0.25, 0.3) is 0 Å². The monoisotopic (exact) mass is 437 g/mol. The van der Waals surface area contributed by atoms with E-state index in [4.69, 9.17) is 17.3 Å². The third-order valence-corrected chi connectivity index (χ3v) is 7.16. The van der Waals surface area contributed by atoms with E-state index in [9.17, 15) is 39.9 Å². The second-order valence-corrected chi connectivity index (χ2v) is 8.61. The summed E-state index contributed by atoms with van der Waals surface area (Å²) in [5, 5.41) is 53.8. The molecule has 0 saturated heterocycles. The number of carbonyl (C=O) groups is 3.